The lowest BCUT2D eigenvalue weighted by molar-refractivity contribution is -0.126. The maximum atomic E-state index is 13.3. The van der Waals surface area contributed by atoms with Crippen LogP contribution in [-0.2, 0) is 14.5 Å². The van der Waals surface area contributed by atoms with Crippen molar-refractivity contribution in [3.63, 3.8) is 0 Å². The summed E-state index contributed by atoms with van der Waals surface area (Å²) in [5, 5.41) is 0. The minimum absolute atomic E-state index is 0.351. The van der Waals surface area contributed by atoms with Crippen LogP contribution in [0.4, 0.5) is 10.1 Å². The van der Waals surface area contributed by atoms with Crippen LogP contribution in [0, 0.1) is 0 Å². The fourth-order valence-electron chi connectivity index (χ4n) is 1.04. The number of halogens is 1. The van der Waals surface area contributed by atoms with Crippen LogP contribution in [0.1, 0.15) is 13.8 Å². The number of benzene rings is 1. The second-order valence-corrected chi connectivity index (χ2v) is 6.50. The summed E-state index contributed by atoms with van der Waals surface area (Å²) in [5.41, 5.74) is 3.89. The molecule has 1 amide bonds. The van der Waals surface area contributed by atoms with Crippen LogP contribution in [0.5, 0.6) is 0 Å². The molecule has 0 aliphatic heterocycles. The molecule has 0 saturated heterocycles. The third kappa shape index (κ3) is 3.52. The summed E-state index contributed by atoms with van der Waals surface area (Å²) in [5.74, 6) is -1.03. The van der Waals surface area contributed by atoms with Gasteiger partial charge in [-0.25, -0.2) is 8.60 Å². The van der Waals surface area contributed by atoms with E-state index in [1.54, 1.807) is 12.1 Å². The fourth-order valence-corrected chi connectivity index (χ4v) is 2.32. The van der Waals surface area contributed by atoms with Gasteiger partial charge in [-0.1, -0.05) is 0 Å². The van der Waals surface area contributed by atoms with E-state index in [1.807, 2.05) is 0 Å². The van der Waals surface area contributed by atoms with Crippen LogP contribution in [-0.4, -0.2) is 22.0 Å². The zero-order valence-electron chi connectivity index (χ0n) is 9.94. The number of nitrogen functional groups attached to an aromatic ring is 1. The molecule has 1 unspecified atom stereocenters. The van der Waals surface area contributed by atoms with Crippen LogP contribution < -0.4 is 5.73 Å². The van der Waals surface area contributed by atoms with Crippen LogP contribution in [0.15, 0.2) is 33.5 Å². The van der Waals surface area contributed by atoms with Gasteiger partial charge in [0.25, 0.3) is 5.91 Å². The molecule has 1 aromatic rings. The molecular formula is C11H15FN2O2S. The number of hydrogen-bond acceptors (Lipinski definition) is 3. The van der Waals surface area contributed by atoms with Gasteiger partial charge >= 0.3 is 0 Å². The minimum Gasteiger partial charge on any atom is -0.399 e. The van der Waals surface area contributed by atoms with E-state index in [2.05, 4.69) is 4.36 Å². The second-order valence-electron chi connectivity index (χ2n) is 4.24. The van der Waals surface area contributed by atoms with Crippen molar-refractivity contribution in [2.45, 2.75) is 24.4 Å². The number of rotatable bonds is 2. The first kappa shape index (κ1) is 13.6. The highest BCUT2D eigenvalue weighted by molar-refractivity contribution is 7.93. The van der Waals surface area contributed by atoms with Gasteiger partial charge in [0.15, 0.2) is 5.67 Å². The number of hydrogen-bond donors (Lipinski definition) is 1. The average molecular weight is 258 g/mol. The number of alkyl halides is 1. The lowest BCUT2D eigenvalue weighted by atomic mass is 10.2. The molecule has 0 aliphatic carbocycles. The first-order chi connectivity index (χ1) is 7.63. The van der Waals surface area contributed by atoms with Crippen molar-refractivity contribution in [1.82, 2.24) is 0 Å². The molecule has 2 N–H and O–H groups in total. The lowest BCUT2D eigenvalue weighted by Gasteiger charge is -2.10. The molecule has 0 fully saturated rings. The van der Waals surface area contributed by atoms with Gasteiger partial charge in [0.05, 0.1) is 9.73 Å². The maximum absolute atomic E-state index is 13.3. The number of amides is 1. The van der Waals surface area contributed by atoms with E-state index >= 15 is 0 Å². The summed E-state index contributed by atoms with van der Waals surface area (Å²) in [7, 11) is -2.93. The largest absolute Gasteiger partial charge is 0.399 e. The molecule has 1 aromatic carbocycles. The van der Waals surface area contributed by atoms with Crippen molar-refractivity contribution in [2.24, 2.45) is 4.36 Å². The summed E-state index contributed by atoms with van der Waals surface area (Å²) < 4.78 is 28.9. The minimum atomic E-state index is -2.93. The average Bonchev–Trinajstić information content (AvgIpc) is 2.16. The van der Waals surface area contributed by atoms with Crippen LogP contribution in [0.25, 0.3) is 0 Å². The molecule has 0 saturated carbocycles. The number of nitrogens with two attached hydrogens (primary N) is 1. The molecule has 0 radical (unpaired) electrons. The van der Waals surface area contributed by atoms with Gasteiger partial charge in [0.1, 0.15) is 0 Å². The first-order valence-corrected chi connectivity index (χ1v) is 6.86. The van der Waals surface area contributed by atoms with Gasteiger partial charge in [0, 0.05) is 16.8 Å². The molecular weight excluding hydrogens is 243 g/mol. The van der Waals surface area contributed by atoms with E-state index in [0.29, 0.717) is 10.6 Å². The first-order valence-electron chi connectivity index (χ1n) is 4.94. The Labute approximate surface area is 100 Å². The molecule has 6 heteroatoms. The Morgan fingerprint density at radius 3 is 2.24 bits per heavy atom. The van der Waals surface area contributed by atoms with Gasteiger partial charge in [-0.3, -0.25) is 4.79 Å². The molecule has 0 spiro atoms. The number of carbonyl (C=O) groups is 1. The predicted molar refractivity (Wildman–Crippen MR) is 65.8 cm³/mol. The van der Waals surface area contributed by atoms with Crippen molar-refractivity contribution < 1.29 is 13.4 Å². The van der Waals surface area contributed by atoms with Gasteiger partial charge in [-0.05, 0) is 38.1 Å². The van der Waals surface area contributed by atoms with E-state index in [1.165, 1.54) is 18.4 Å². The van der Waals surface area contributed by atoms with E-state index in [9.17, 15) is 13.4 Å². The quantitative estimate of drug-likeness (QED) is 0.825. The van der Waals surface area contributed by atoms with Crippen molar-refractivity contribution >= 4 is 21.3 Å². The topological polar surface area (TPSA) is 72.5 Å². The normalized spacial score (nSPS) is 15.1. The summed E-state index contributed by atoms with van der Waals surface area (Å²) in [6, 6.07) is 6.14. The molecule has 17 heavy (non-hydrogen) atoms. The standard InChI is InChI=1S/C11H15FN2O2S/c1-11(2,12)10(15)14-17(3,16)9-6-4-8(13)5-7-9/h4-7H,13H2,1-3H3. The Morgan fingerprint density at radius 1 is 1.35 bits per heavy atom. The van der Waals surface area contributed by atoms with Crippen LogP contribution >= 0.6 is 0 Å². The van der Waals surface area contributed by atoms with Gasteiger partial charge in [-0.2, -0.15) is 4.36 Å². The number of anilines is 1. The lowest BCUT2D eigenvalue weighted by Crippen LogP contribution is -2.25. The van der Waals surface area contributed by atoms with Gasteiger partial charge in [-0.15, -0.1) is 0 Å². The Hall–Kier alpha value is -1.43. The van der Waals surface area contributed by atoms with Crippen LogP contribution in [0.2, 0.25) is 0 Å². The highest BCUT2D eigenvalue weighted by Gasteiger charge is 2.27. The van der Waals surface area contributed by atoms with Crippen molar-refractivity contribution in [1.29, 1.82) is 0 Å². The predicted octanol–water partition coefficient (Wildman–Crippen LogP) is 2.00. The third-order valence-electron chi connectivity index (χ3n) is 2.08. The molecule has 1 rings (SSSR count). The van der Waals surface area contributed by atoms with Crippen molar-refractivity contribution in [3.05, 3.63) is 24.3 Å². The zero-order chi connectivity index (χ0) is 13.3. The molecule has 0 aromatic heterocycles. The summed E-state index contributed by atoms with van der Waals surface area (Å²) in [6.07, 6.45) is 1.29. The van der Waals surface area contributed by atoms with Gasteiger partial charge < -0.3 is 5.73 Å². The summed E-state index contributed by atoms with van der Waals surface area (Å²) in [4.78, 5) is 11.7. The molecule has 94 valence electrons. The van der Waals surface area contributed by atoms with E-state index in [4.69, 9.17) is 5.73 Å². The Bertz CT molecular complexity index is 538. The summed E-state index contributed by atoms with van der Waals surface area (Å²) in [6.45, 7) is 2.16. The molecule has 0 heterocycles. The monoisotopic (exact) mass is 258 g/mol. The van der Waals surface area contributed by atoms with Crippen molar-refractivity contribution in [3.8, 4) is 0 Å². The van der Waals surface area contributed by atoms with E-state index in [-0.39, 0.29) is 0 Å². The molecule has 4 nitrogen and oxygen atoms in total. The SMILES string of the molecule is CC(C)(F)C(=O)N=S(C)(=O)c1ccc(N)cc1. The second kappa shape index (κ2) is 4.44. The fraction of sp³-hybridized carbons (Fsp3) is 0.364. The molecule has 0 aliphatic rings. The van der Waals surface area contributed by atoms with Crippen LogP contribution in [0.3, 0.4) is 0 Å². The highest BCUT2D eigenvalue weighted by Crippen LogP contribution is 2.17. The Morgan fingerprint density at radius 2 is 1.82 bits per heavy atom. The number of nitrogens with zero attached hydrogens (tertiary/aromatic N) is 1. The van der Waals surface area contributed by atoms with E-state index < -0.39 is 21.3 Å². The Balaban J connectivity index is 3.20. The van der Waals surface area contributed by atoms with E-state index in [0.717, 1.165) is 13.8 Å². The zero-order valence-corrected chi connectivity index (χ0v) is 10.8. The third-order valence-corrected chi connectivity index (χ3v) is 3.74. The number of carbonyl (C=O) groups excluding carboxylic acids is 1. The summed E-state index contributed by atoms with van der Waals surface area (Å²) >= 11 is 0. The maximum Gasteiger partial charge on any atom is 0.291 e. The Kier molecular flexibility index (Phi) is 3.56. The smallest absolute Gasteiger partial charge is 0.291 e. The van der Waals surface area contributed by atoms with Crippen molar-refractivity contribution in [2.75, 3.05) is 12.0 Å². The highest BCUT2D eigenvalue weighted by atomic mass is 32.2. The molecule has 0 bridgehead atoms. The molecule has 1 atom stereocenters. The van der Waals surface area contributed by atoms with Gasteiger partial charge in [0.2, 0.25) is 0 Å².